The van der Waals surface area contributed by atoms with E-state index in [1.165, 1.54) is 12.1 Å². The average Bonchev–Trinajstić information content (AvgIpc) is 2.37. The first-order valence-corrected chi connectivity index (χ1v) is 5.68. The van der Waals surface area contributed by atoms with Crippen molar-refractivity contribution in [2.45, 2.75) is 6.92 Å². The molecule has 0 aliphatic rings. The van der Waals surface area contributed by atoms with Crippen LogP contribution in [0, 0.1) is 12.7 Å². The van der Waals surface area contributed by atoms with Crippen molar-refractivity contribution in [3.63, 3.8) is 0 Å². The minimum atomic E-state index is -0.784. The molecule has 0 bridgehead atoms. The first-order chi connectivity index (χ1) is 9.04. The van der Waals surface area contributed by atoms with Gasteiger partial charge in [-0.15, -0.1) is 0 Å². The van der Waals surface area contributed by atoms with Crippen LogP contribution in [0.1, 0.15) is 5.56 Å². The highest BCUT2D eigenvalue weighted by Crippen LogP contribution is 2.19. The molecule has 2 aromatic rings. The van der Waals surface area contributed by atoms with Crippen LogP contribution in [0.4, 0.5) is 20.6 Å². The molecule has 5 heteroatoms. The van der Waals surface area contributed by atoms with Crippen molar-refractivity contribution in [2.75, 3.05) is 10.6 Å². The van der Waals surface area contributed by atoms with Crippen molar-refractivity contribution >= 4 is 17.4 Å². The summed E-state index contributed by atoms with van der Waals surface area (Å²) in [5.41, 5.74) is 1.99. The number of benzene rings is 2. The van der Waals surface area contributed by atoms with Gasteiger partial charge in [-0.3, -0.25) is 0 Å². The number of anilines is 2. The van der Waals surface area contributed by atoms with E-state index in [9.17, 15) is 9.18 Å². The highest BCUT2D eigenvalue weighted by Gasteiger charge is 2.05. The number of carbonyl (C=O) groups is 1. The standard InChI is InChI=1S/C14H13FN2O2/c1-9-2-4-10(5-3-9)16-14(19)17-11-6-7-13(18)12(15)8-11/h2-8,18H,1H3,(H2,16,17,19). The molecule has 0 atom stereocenters. The Morgan fingerprint density at radius 3 is 2.26 bits per heavy atom. The molecule has 0 aliphatic carbocycles. The summed E-state index contributed by atoms with van der Waals surface area (Å²) in [4.78, 5) is 11.7. The SMILES string of the molecule is Cc1ccc(NC(=O)Nc2ccc(O)c(F)c2)cc1. The molecule has 0 saturated carbocycles. The van der Waals surface area contributed by atoms with E-state index >= 15 is 0 Å². The van der Waals surface area contributed by atoms with E-state index < -0.39 is 17.6 Å². The minimum absolute atomic E-state index is 0.264. The van der Waals surface area contributed by atoms with Gasteiger partial charge in [0.1, 0.15) is 0 Å². The van der Waals surface area contributed by atoms with Crippen LogP contribution in [-0.2, 0) is 0 Å². The first-order valence-electron chi connectivity index (χ1n) is 5.68. The van der Waals surface area contributed by atoms with Gasteiger partial charge in [0, 0.05) is 17.4 Å². The summed E-state index contributed by atoms with van der Waals surface area (Å²) in [6.45, 7) is 1.95. The number of rotatable bonds is 2. The molecule has 0 unspecified atom stereocenters. The predicted octanol–water partition coefficient (Wildman–Crippen LogP) is 3.48. The molecule has 3 N–H and O–H groups in total. The summed E-state index contributed by atoms with van der Waals surface area (Å²) >= 11 is 0. The number of phenols is 1. The molecule has 4 nitrogen and oxygen atoms in total. The van der Waals surface area contributed by atoms with E-state index in [1.807, 2.05) is 19.1 Å². The van der Waals surface area contributed by atoms with Gasteiger partial charge in [-0.1, -0.05) is 17.7 Å². The molecule has 0 fully saturated rings. The van der Waals surface area contributed by atoms with Crippen molar-refractivity contribution in [1.29, 1.82) is 0 Å². The zero-order valence-corrected chi connectivity index (χ0v) is 10.3. The third-order valence-corrected chi connectivity index (χ3v) is 2.51. The number of aryl methyl sites for hydroxylation is 1. The molecule has 2 rings (SSSR count). The van der Waals surface area contributed by atoms with Crippen molar-refractivity contribution in [3.05, 3.63) is 53.8 Å². The van der Waals surface area contributed by atoms with Crippen molar-refractivity contribution in [3.8, 4) is 5.75 Å². The number of aromatic hydroxyl groups is 1. The summed E-state index contributed by atoms with van der Waals surface area (Å²) < 4.78 is 13.1. The average molecular weight is 260 g/mol. The van der Waals surface area contributed by atoms with Gasteiger partial charge in [0.15, 0.2) is 11.6 Å². The Kier molecular flexibility index (Phi) is 3.66. The maximum atomic E-state index is 13.1. The molecule has 0 aliphatic heterocycles. The lowest BCUT2D eigenvalue weighted by Crippen LogP contribution is -2.19. The summed E-state index contributed by atoms with van der Waals surface area (Å²) in [5.74, 6) is -1.24. The van der Waals surface area contributed by atoms with Crippen molar-refractivity contribution in [1.82, 2.24) is 0 Å². The van der Waals surface area contributed by atoms with Crippen molar-refractivity contribution < 1.29 is 14.3 Å². The van der Waals surface area contributed by atoms with Crippen LogP contribution in [0.5, 0.6) is 5.75 Å². The number of carbonyl (C=O) groups excluding carboxylic acids is 1. The fourth-order valence-corrected chi connectivity index (χ4v) is 1.51. The van der Waals surface area contributed by atoms with Gasteiger partial charge in [-0.2, -0.15) is 0 Å². The van der Waals surface area contributed by atoms with E-state index in [2.05, 4.69) is 10.6 Å². The Balaban J connectivity index is 2.01. The predicted molar refractivity (Wildman–Crippen MR) is 71.9 cm³/mol. The van der Waals surface area contributed by atoms with Gasteiger partial charge in [0.05, 0.1) is 0 Å². The minimum Gasteiger partial charge on any atom is -0.505 e. The largest absolute Gasteiger partial charge is 0.505 e. The van der Waals surface area contributed by atoms with Gasteiger partial charge in [-0.25, -0.2) is 9.18 Å². The summed E-state index contributed by atoms with van der Waals surface area (Å²) in [6.07, 6.45) is 0. The van der Waals surface area contributed by atoms with Crippen LogP contribution in [0.3, 0.4) is 0 Å². The van der Waals surface area contributed by atoms with E-state index in [1.54, 1.807) is 12.1 Å². The van der Waals surface area contributed by atoms with Crippen LogP contribution in [0.15, 0.2) is 42.5 Å². The highest BCUT2D eigenvalue weighted by atomic mass is 19.1. The van der Waals surface area contributed by atoms with Crippen LogP contribution < -0.4 is 10.6 Å². The summed E-state index contributed by atoms with van der Waals surface area (Å²) in [5, 5.41) is 14.1. The molecule has 2 aromatic carbocycles. The normalized spacial score (nSPS) is 10.0. The quantitative estimate of drug-likeness (QED) is 0.724. The Morgan fingerprint density at radius 2 is 1.63 bits per heavy atom. The lowest BCUT2D eigenvalue weighted by atomic mass is 10.2. The van der Waals surface area contributed by atoms with E-state index in [0.717, 1.165) is 11.6 Å². The number of phenolic OH excluding ortho intramolecular Hbond substituents is 1. The maximum Gasteiger partial charge on any atom is 0.323 e. The number of amides is 2. The number of hydrogen-bond donors (Lipinski definition) is 3. The van der Waals surface area contributed by atoms with Gasteiger partial charge in [0.2, 0.25) is 0 Å². The summed E-state index contributed by atoms with van der Waals surface area (Å²) in [7, 11) is 0. The Labute approximate surface area is 109 Å². The Bertz CT molecular complexity index is 597. The molecule has 0 heterocycles. The second-order valence-corrected chi connectivity index (χ2v) is 4.11. The Hall–Kier alpha value is -2.56. The molecule has 0 saturated heterocycles. The fraction of sp³-hybridized carbons (Fsp3) is 0.0714. The van der Waals surface area contributed by atoms with Gasteiger partial charge in [-0.05, 0) is 31.2 Å². The number of nitrogens with one attached hydrogen (secondary N) is 2. The lowest BCUT2D eigenvalue weighted by Gasteiger charge is -2.08. The van der Waals surface area contributed by atoms with E-state index in [-0.39, 0.29) is 5.69 Å². The summed E-state index contributed by atoms with van der Waals surface area (Å²) in [6, 6.07) is 10.4. The van der Waals surface area contributed by atoms with Gasteiger partial charge < -0.3 is 15.7 Å². The van der Waals surface area contributed by atoms with Gasteiger partial charge in [0.25, 0.3) is 0 Å². The monoisotopic (exact) mass is 260 g/mol. The number of hydrogen-bond acceptors (Lipinski definition) is 2. The zero-order valence-electron chi connectivity index (χ0n) is 10.3. The topological polar surface area (TPSA) is 61.4 Å². The van der Waals surface area contributed by atoms with E-state index in [4.69, 9.17) is 5.11 Å². The third-order valence-electron chi connectivity index (χ3n) is 2.51. The second kappa shape index (κ2) is 5.39. The second-order valence-electron chi connectivity index (χ2n) is 4.11. The van der Waals surface area contributed by atoms with Crippen LogP contribution in [-0.4, -0.2) is 11.1 Å². The zero-order chi connectivity index (χ0) is 13.8. The molecular formula is C14H13FN2O2. The fourth-order valence-electron chi connectivity index (χ4n) is 1.51. The highest BCUT2D eigenvalue weighted by molar-refractivity contribution is 5.99. The number of urea groups is 1. The molecule has 19 heavy (non-hydrogen) atoms. The first kappa shape index (κ1) is 12.9. The van der Waals surface area contributed by atoms with Crippen LogP contribution >= 0.6 is 0 Å². The third kappa shape index (κ3) is 3.45. The molecule has 2 amide bonds. The lowest BCUT2D eigenvalue weighted by molar-refractivity contribution is 0.262. The molecule has 0 aromatic heterocycles. The molecular weight excluding hydrogens is 247 g/mol. The smallest absolute Gasteiger partial charge is 0.323 e. The van der Waals surface area contributed by atoms with Crippen LogP contribution in [0.25, 0.3) is 0 Å². The van der Waals surface area contributed by atoms with E-state index in [0.29, 0.717) is 5.69 Å². The Morgan fingerprint density at radius 1 is 1.05 bits per heavy atom. The van der Waals surface area contributed by atoms with Gasteiger partial charge >= 0.3 is 6.03 Å². The number of halogens is 1. The van der Waals surface area contributed by atoms with Crippen molar-refractivity contribution in [2.24, 2.45) is 0 Å². The molecule has 0 radical (unpaired) electrons. The molecule has 0 spiro atoms. The van der Waals surface area contributed by atoms with Crippen LogP contribution in [0.2, 0.25) is 0 Å². The molecule has 98 valence electrons. The maximum absolute atomic E-state index is 13.1.